The summed E-state index contributed by atoms with van der Waals surface area (Å²) in [5, 5.41) is 9.53. The van der Waals surface area contributed by atoms with Crippen LogP contribution in [0, 0.1) is 16.7 Å². The van der Waals surface area contributed by atoms with Crippen LogP contribution in [-0.4, -0.2) is 61.8 Å². The molecule has 0 bridgehead atoms. The molecule has 3 nitrogen and oxygen atoms in total. The Morgan fingerprint density at radius 2 is 1.55 bits per heavy atom. The average molecular weight is 315 g/mol. The second-order valence-corrected chi connectivity index (χ2v) is 9.15. The minimum absolute atomic E-state index is 0.244. The van der Waals surface area contributed by atoms with Gasteiger partial charge < -0.3 is 14.9 Å². The maximum Gasteiger partial charge on any atom is 0.0586 e. The molecule has 134 valence electrons. The second kappa shape index (κ2) is 9.24. The van der Waals surface area contributed by atoms with E-state index in [0.29, 0.717) is 5.41 Å². The van der Waals surface area contributed by atoms with Crippen molar-refractivity contribution in [3.63, 3.8) is 0 Å². The van der Waals surface area contributed by atoms with Crippen LogP contribution in [0.3, 0.4) is 0 Å². The van der Waals surface area contributed by atoms with E-state index < -0.39 is 0 Å². The van der Waals surface area contributed by atoms with Crippen LogP contribution in [0.5, 0.6) is 0 Å². The Bertz CT molecular complexity index is 294. The summed E-state index contributed by atoms with van der Waals surface area (Å²) in [6.45, 7) is 16.6. The molecule has 0 aromatic heterocycles. The highest BCUT2D eigenvalue weighted by molar-refractivity contribution is 4.80. The first kappa shape index (κ1) is 21.9. The summed E-state index contributed by atoms with van der Waals surface area (Å²) in [7, 11) is 6.36. The van der Waals surface area contributed by atoms with E-state index in [1.807, 2.05) is 0 Å². The first-order valence-electron chi connectivity index (χ1n) is 8.88. The zero-order chi connectivity index (χ0) is 17.6. The monoisotopic (exact) mass is 314 g/mol. The van der Waals surface area contributed by atoms with Gasteiger partial charge in [0, 0.05) is 12.6 Å². The van der Waals surface area contributed by atoms with Gasteiger partial charge in [0.25, 0.3) is 0 Å². The molecule has 1 unspecified atom stereocenters. The van der Waals surface area contributed by atoms with Crippen molar-refractivity contribution in [2.24, 2.45) is 16.7 Å². The zero-order valence-electron chi connectivity index (χ0n) is 16.7. The number of rotatable bonds is 10. The lowest BCUT2D eigenvalue weighted by atomic mass is 9.78. The van der Waals surface area contributed by atoms with Crippen LogP contribution in [-0.2, 0) is 0 Å². The van der Waals surface area contributed by atoms with Crippen molar-refractivity contribution in [1.82, 2.24) is 9.80 Å². The molecule has 0 saturated carbocycles. The summed E-state index contributed by atoms with van der Waals surface area (Å²) < 4.78 is 0. The Morgan fingerprint density at radius 3 is 1.91 bits per heavy atom. The van der Waals surface area contributed by atoms with Gasteiger partial charge >= 0.3 is 0 Å². The third-order valence-electron chi connectivity index (χ3n) is 5.15. The average Bonchev–Trinajstić information content (AvgIpc) is 2.38. The standard InChI is InChI=1S/C19H42N2O/c1-10-16(18(2,3)4)14-21(9)12-11-19(5,6)13-17(15-22)20(7)8/h16-17,22H,10-15H2,1-9H3/t16-,17?/m1/s1. The SMILES string of the molecule is CC[C@H](CN(C)CCC(C)(C)CC(CO)N(C)C)C(C)(C)C. The van der Waals surface area contributed by atoms with Crippen LogP contribution in [0.4, 0.5) is 0 Å². The first-order chi connectivity index (χ1) is 9.92. The fourth-order valence-corrected chi connectivity index (χ4v) is 3.13. The van der Waals surface area contributed by atoms with E-state index in [9.17, 15) is 5.11 Å². The summed E-state index contributed by atoms with van der Waals surface area (Å²) >= 11 is 0. The van der Waals surface area contributed by atoms with Crippen molar-refractivity contribution < 1.29 is 5.11 Å². The summed E-state index contributed by atoms with van der Waals surface area (Å²) in [6, 6.07) is 0.262. The van der Waals surface area contributed by atoms with Gasteiger partial charge in [-0.3, -0.25) is 0 Å². The zero-order valence-corrected chi connectivity index (χ0v) is 16.7. The van der Waals surface area contributed by atoms with Crippen molar-refractivity contribution >= 4 is 0 Å². The molecule has 0 saturated heterocycles. The molecule has 0 aliphatic rings. The molecule has 0 aromatic rings. The van der Waals surface area contributed by atoms with E-state index in [2.05, 4.69) is 72.5 Å². The van der Waals surface area contributed by atoms with Gasteiger partial charge in [-0.15, -0.1) is 0 Å². The maximum absolute atomic E-state index is 9.53. The normalized spacial score (nSPS) is 16.4. The number of aliphatic hydroxyl groups is 1. The number of nitrogens with zero attached hydrogens (tertiary/aromatic N) is 2. The summed E-state index contributed by atoms with van der Waals surface area (Å²) in [4.78, 5) is 4.63. The van der Waals surface area contributed by atoms with Crippen LogP contribution in [0.25, 0.3) is 0 Å². The van der Waals surface area contributed by atoms with Gasteiger partial charge in [-0.05, 0) is 57.3 Å². The van der Waals surface area contributed by atoms with Crippen LogP contribution < -0.4 is 0 Å². The lowest BCUT2D eigenvalue weighted by Gasteiger charge is -2.36. The molecule has 0 aliphatic heterocycles. The number of aliphatic hydroxyl groups excluding tert-OH is 1. The van der Waals surface area contributed by atoms with Crippen molar-refractivity contribution in [3.05, 3.63) is 0 Å². The van der Waals surface area contributed by atoms with Crippen LogP contribution in [0.2, 0.25) is 0 Å². The van der Waals surface area contributed by atoms with Gasteiger partial charge in [0.15, 0.2) is 0 Å². The number of hydrogen-bond donors (Lipinski definition) is 1. The molecule has 0 aliphatic carbocycles. The van der Waals surface area contributed by atoms with E-state index in [4.69, 9.17) is 0 Å². The molecule has 0 aromatic carbocycles. The highest BCUT2D eigenvalue weighted by Gasteiger charge is 2.27. The molecule has 3 heteroatoms. The van der Waals surface area contributed by atoms with Crippen LogP contribution >= 0.6 is 0 Å². The van der Waals surface area contributed by atoms with Crippen molar-refractivity contribution in [2.45, 2.75) is 66.8 Å². The lowest BCUT2D eigenvalue weighted by Crippen LogP contribution is -2.38. The molecule has 2 atom stereocenters. The highest BCUT2D eigenvalue weighted by Crippen LogP contribution is 2.31. The fraction of sp³-hybridized carbons (Fsp3) is 1.00. The molecule has 1 N–H and O–H groups in total. The van der Waals surface area contributed by atoms with Gasteiger partial charge in [-0.25, -0.2) is 0 Å². The Morgan fingerprint density at radius 1 is 1.00 bits per heavy atom. The fourth-order valence-electron chi connectivity index (χ4n) is 3.13. The van der Waals surface area contributed by atoms with E-state index in [-0.39, 0.29) is 18.1 Å². The predicted octanol–water partition coefficient (Wildman–Crippen LogP) is 3.72. The molecular weight excluding hydrogens is 272 g/mol. The number of hydrogen-bond acceptors (Lipinski definition) is 3. The molecule has 0 fully saturated rings. The summed E-state index contributed by atoms with van der Waals surface area (Å²) in [5.41, 5.74) is 0.640. The quantitative estimate of drug-likeness (QED) is 0.666. The minimum Gasteiger partial charge on any atom is -0.395 e. The lowest BCUT2D eigenvalue weighted by molar-refractivity contribution is 0.106. The number of likely N-dealkylation sites (N-methyl/N-ethyl adjacent to an activating group) is 1. The molecule has 0 amide bonds. The molecular formula is C19H42N2O. The first-order valence-corrected chi connectivity index (χ1v) is 8.88. The predicted molar refractivity (Wildman–Crippen MR) is 98.3 cm³/mol. The molecule has 0 rings (SSSR count). The van der Waals surface area contributed by atoms with Gasteiger partial charge in [-0.2, -0.15) is 0 Å². The summed E-state index contributed by atoms with van der Waals surface area (Å²) in [5.74, 6) is 0.743. The maximum atomic E-state index is 9.53. The Balaban J connectivity index is 4.40. The molecule has 0 radical (unpaired) electrons. The van der Waals surface area contributed by atoms with Gasteiger partial charge in [0.05, 0.1) is 6.61 Å². The van der Waals surface area contributed by atoms with Gasteiger partial charge in [0.2, 0.25) is 0 Å². The molecule has 22 heavy (non-hydrogen) atoms. The van der Waals surface area contributed by atoms with Crippen molar-refractivity contribution in [1.29, 1.82) is 0 Å². The van der Waals surface area contributed by atoms with Crippen molar-refractivity contribution in [2.75, 3.05) is 40.8 Å². The van der Waals surface area contributed by atoms with E-state index >= 15 is 0 Å². The third-order valence-corrected chi connectivity index (χ3v) is 5.15. The van der Waals surface area contributed by atoms with Crippen LogP contribution in [0.1, 0.15) is 60.8 Å². The van der Waals surface area contributed by atoms with Gasteiger partial charge in [0.1, 0.15) is 0 Å². The second-order valence-electron chi connectivity index (χ2n) is 9.15. The highest BCUT2D eigenvalue weighted by atomic mass is 16.3. The van der Waals surface area contributed by atoms with Gasteiger partial charge in [-0.1, -0.05) is 48.0 Å². The van der Waals surface area contributed by atoms with E-state index in [1.165, 1.54) is 19.4 Å². The topological polar surface area (TPSA) is 26.7 Å². The van der Waals surface area contributed by atoms with Crippen molar-refractivity contribution in [3.8, 4) is 0 Å². The van der Waals surface area contributed by atoms with E-state index in [0.717, 1.165) is 18.9 Å². The van der Waals surface area contributed by atoms with Crippen LogP contribution in [0.15, 0.2) is 0 Å². The Kier molecular flexibility index (Phi) is 9.19. The smallest absolute Gasteiger partial charge is 0.0586 e. The molecule has 0 heterocycles. The van der Waals surface area contributed by atoms with E-state index in [1.54, 1.807) is 0 Å². The Labute approximate surface area is 140 Å². The third kappa shape index (κ3) is 8.50. The minimum atomic E-state index is 0.244. The Hall–Kier alpha value is -0.120. The molecule has 0 spiro atoms. The largest absolute Gasteiger partial charge is 0.395 e. The summed E-state index contributed by atoms with van der Waals surface area (Å²) in [6.07, 6.45) is 3.46.